The average Bonchev–Trinajstić information content (AvgIpc) is 2.43. The van der Waals surface area contributed by atoms with Gasteiger partial charge in [0.2, 0.25) is 0 Å². The Bertz CT molecular complexity index is 689. The van der Waals surface area contributed by atoms with E-state index in [9.17, 15) is 18.3 Å². The van der Waals surface area contributed by atoms with Crippen LogP contribution in [0.5, 0.6) is 0 Å². The largest absolute Gasteiger partial charge is 0.478 e. The quantitative estimate of drug-likeness (QED) is 0.842. The van der Waals surface area contributed by atoms with E-state index in [2.05, 4.69) is 0 Å². The van der Waals surface area contributed by atoms with Crippen molar-refractivity contribution >= 4 is 15.8 Å². The summed E-state index contributed by atoms with van der Waals surface area (Å²) in [5, 5.41) is 9.37. The average molecular weight is 326 g/mol. The molecule has 0 aliphatic carbocycles. The number of sulfone groups is 1. The Labute approximate surface area is 131 Å². The first kappa shape index (κ1) is 17.0. The summed E-state index contributed by atoms with van der Waals surface area (Å²) in [6.07, 6.45) is 1.32. The zero-order valence-corrected chi connectivity index (χ0v) is 14.0. The molecule has 1 aliphatic rings. The molecule has 122 valence electrons. The van der Waals surface area contributed by atoms with Crippen LogP contribution in [-0.4, -0.2) is 31.9 Å². The zero-order chi connectivity index (χ0) is 16.5. The number of fused-ring (bicyclic) bond motifs is 1. The summed E-state index contributed by atoms with van der Waals surface area (Å²) < 4.78 is 30.5. The molecule has 1 aliphatic heterocycles. The summed E-state index contributed by atoms with van der Waals surface area (Å²) >= 11 is 0. The van der Waals surface area contributed by atoms with Crippen molar-refractivity contribution in [2.45, 2.75) is 50.5 Å². The summed E-state index contributed by atoms with van der Waals surface area (Å²) in [5.41, 5.74) is 0.693. The predicted octanol–water partition coefficient (Wildman–Crippen LogP) is 2.77. The smallest absolute Gasteiger partial charge is 0.336 e. The van der Waals surface area contributed by atoms with Crippen molar-refractivity contribution in [2.75, 3.05) is 12.4 Å². The maximum atomic E-state index is 12.5. The van der Waals surface area contributed by atoms with Crippen LogP contribution in [0.1, 0.15) is 55.1 Å². The topological polar surface area (TPSA) is 80.7 Å². The van der Waals surface area contributed by atoms with Crippen LogP contribution in [0.3, 0.4) is 0 Å². The SMILES string of the molecule is CCCOCc1c(C(=O)O)ccc2c1S(=O)(=O)CCC2(C)C. The number of benzene rings is 1. The van der Waals surface area contributed by atoms with Crippen molar-refractivity contribution in [3.05, 3.63) is 28.8 Å². The third-order valence-corrected chi connectivity index (χ3v) is 5.95. The van der Waals surface area contributed by atoms with Gasteiger partial charge in [0.05, 0.1) is 22.8 Å². The second kappa shape index (κ2) is 6.01. The van der Waals surface area contributed by atoms with Gasteiger partial charge in [-0.05, 0) is 29.9 Å². The molecule has 0 bridgehead atoms. The molecule has 1 aromatic carbocycles. The third kappa shape index (κ3) is 3.03. The molecular formula is C16H22O5S. The first-order chi connectivity index (χ1) is 10.2. The normalized spacial score (nSPS) is 18.7. The fourth-order valence-electron chi connectivity index (χ4n) is 2.80. The fourth-order valence-corrected chi connectivity index (χ4v) is 5.01. The molecule has 0 aromatic heterocycles. The van der Waals surface area contributed by atoms with Gasteiger partial charge in [0.15, 0.2) is 9.84 Å². The Kier molecular flexibility index (Phi) is 4.63. The number of ether oxygens (including phenoxy) is 1. The van der Waals surface area contributed by atoms with E-state index in [-0.39, 0.29) is 33.8 Å². The Morgan fingerprint density at radius 3 is 2.64 bits per heavy atom. The van der Waals surface area contributed by atoms with Gasteiger partial charge in [0.1, 0.15) is 0 Å². The highest BCUT2D eigenvalue weighted by Gasteiger charge is 2.38. The summed E-state index contributed by atoms with van der Waals surface area (Å²) in [4.78, 5) is 11.6. The highest BCUT2D eigenvalue weighted by Crippen LogP contribution is 2.41. The fraction of sp³-hybridized carbons (Fsp3) is 0.562. The van der Waals surface area contributed by atoms with Gasteiger partial charge in [-0.15, -0.1) is 0 Å². The van der Waals surface area contributed by atoms with Crippen molar-refractivity contribution in [2.24, 2.45) is 0 Å². The van der Waals surface area contributed by atoms with Crippen molar-refractivity contribution in [1.29, 1.82) is 0 Å². The minimum Gasteiger partial charge on any atom is -0.478 e. The number of carboxylic acid groups (broad SMARTS) is 1. The molecule has 0 radical (unpaired) electrons. The highest BCUT2D eigenvalue weighted by atomic mass is 32.2. The molecule has 5 nitrogen and oxygen atoms in total. The van der Waals surface area contributed by atoms with Gasteiger partial charge < -0.3 is 9.84 Å². The summed E-state index contributed by atoms with van der Waals surface area (Å²) in [7, 11) is -3.48. The molecule has 1 aromatic rings. The van der Waals surface area contributed by atoms with Crippen molar-refractivity contribution < 1.29 is 23.1 Å². The first-order valence-corrected chi connectivity index (χ1v) is 9.06. The number of rotatable bonds is 5. The van der Waals surface area contributed by atoms with Gasteiger partial charge in [-0.1, -0.05) is 26.8 Å². The first-order valence-electron chi connectivity index (χ1n) is 7.41. The second-order valence-electron chi connectivity index (χ2n) is 6.28. The van der Waals surface area contributed by atoms with Gasteiger partial charge in [-0.2, -0.15) is 0 Å². The lowest BCUT2D eigenvalue weighted by Gasteiger charge is -2.33. The van der Waals surface area contributed by atoms with Crippen LogP contribution in [0.25, 0.3) is 0 Å². The van der Waals surface area contributed by atoms with E-state index < -0.39 is 15.8 Å². The molecule has 0 fully saturated rings. The molecule has 1 N–H and O–H groups in total. The van der Waals surface area contributed by atoms with Gasteiger partial charge in [0.25, 0.3) is 0 Å². The molecular weight excluding hydrogens is 304 g/mol. The van der Waals surface area contributed by atoms with Gasteiger partial charge in [0, 0.05) is 12.2 Å². The van der Waals surface area contributed by atoms with E-state index in [0.717, 1.165) is 6.42 Å². The molecule has 6 heteroatoms. The van der Waals surface area contributed by atoms with Crippen LogP contribution < -0.4 is 0 Å². The van der Waals surface area contributed by atoms with Gasteiger partial charge >= 0.3 is 5.97 Å². The molecule has 0 amide bonds. The lowest BCUT2D eigenvalue weighted by Crippen LogP contribution is -2.32. The molecule has 0 spiro atoms. The lowest BCUT2D eigenvalue weighted by atomic mass is 9.80. The van der Waals surface area contributed by atoms with Gasteiger partial charge in [-0.3, -0.25) is 0 Å². The summed E-state index contributed by atoms with van der Waals surface area (Å²) in [5.74, 6) is -1.09. The third-order valence-electron chi connectivity index (χ3n) is 4.12. The molecule has 0 atom stereocenters. The molecule has 0 unspecified atom stereocenters. The lowest BCUT2D eigenvalue weighted by molar-refractivity contribution is 0.0686. The van der Waals surface area contributed by atoms with Crippen molar-refractivity contribution in [1.82, 2.24) is 0 Å². The molecule has 22 heavy (non-hydrogen) atoms. The van der Waals surface area contributed by atoms with E-state index in [4.69, 9.17) is 4.74 Å². The highest BCUT2D eigenvalue weighted by molar-refractivity contribution is 7.91. The monoisotopic (exact) mass is 326 g/mol. The van der Waals surface area contributed by atoms with Crippen LogP contribution in [0.15, 0.2) is 17.0 Å². The minimum atomic E-state index is -3.48. The van der Waals surface area contributed by atoms with Crippen LogP contribution in [0.4, 0.5) is 0 Å². The van der Waals surface area contributed by atoms with Gasteiger partial charge in [-0.25, -0.2) is 13.2 Å². The second-order valence-corrected chi connectivity index (χ2v) is 8.32. The van der Waals surface area contributed by atoms with E-state index >= 15 is 0 Å². The predicted molar refractivity (Wildman–Crippen MR) is 83.0 cm³/mol. The Morgan fingerprint density at radius 1 is 1.36 bits per heavy atom. The Hall–Kier alpha value is -1.40. The maximum Gasteiger partial charge on any atom is 0.336 e. The van der Waals surface area contributed by atoms with Crippen LogP contribution >= 0.6 is 0 Å². The van der Waals surface area contributed by atoms with Crippen LogP contribution in [0, 0.1) is 0 Å². The molecule has 1 heterocycles. The molecule has 2 rings (SSSR count). The van der Waals surface area contributed by atoms with E-state index in [0.29, 0.717) is 18.6 Å². The number of hydrogen-bond acceptors (Lipinski definition) is 4. The zero-order valence-electron chi connectivity index (χ0n) is 13.2. The summed E-state index contributed by atoms with van der Waals surface area (Å²) in [6, 6.07) is 3.13. The number of aromatic carboxylic acids is 1. The Morgan fingerprint density at radius 2 is 2.05 bits per heavy atom. The summed E-state index contributed by atoms with van der Waals surface area (Å²) in [6.45, 7) is 6.38. The number of carbonyl (C=O) groups is 1. The van der Waals surface area contributed by atoms with E-state index in [1.54, 1.807) is 6.07 Å². The van der Waals surface area contributed by atoms with Crippen LogP contribution in [0.2, 0.25) is 0 Å². The molecule has 0 saturated carbocycles. The van der Waals surface area contributed by atoms with Crippen LogP contribution in [-0.2, 0) is 26.6 Å². The maximum absolute atomic E-state index is 12.5. The Balaban J connectivity index is 2.69. The van der Waals surface area contributed by atoms with E-state index in [1.807, 2.05) is 20.8 Å². The number of hydrogen-bond donors (Lipinski definition) is 1. The molecule has 0 saturated heterocycles. The van der Waals surface area contributed by atoms with E-state index in [1.165, 1.54) is 6.07 Å². The minimum absolute atomic E-state index is 0.00789. The standard InChI is InChI=1S/C16H22O5S/c1-4-8-21-10-12-11(15(17)18)5-6-13-14(12)22(19,20)9-7-16(13,2)3/h5-6H,4,7-10H2,1-3H3,(H,17,18). The van der Waals surface area contributed by atoms with Crippen molar-refractivity contribution in [3.63, 3.8) is 0 Å². The number of carboxylic acids is 1. The van der Waals surface area contributed by atoms with Crippen molar-refractivity contribution in [3.8, 4) is 0 Å².